The lowest BCUT2D eigenvalue weighted by Crippen LogP contribution is -2.31. The Labute approximate surface area is 197 Å². The number of nitrogens with zero attached hydrogens (tertiary/aromatic N) is 3. The number of sulfonamides is 1. The molecule has 2 aromatic rings. The van der Waals surface area contributed by atoms with Crippen molar-refractivity contribution in [3.05, 3.63) is 35.5 Å². The average molecular weight is 502 g/mol. The van der Waals surface area contributed by atoms with Crippen LogP contribution in [0.25, 0.3) is 0 Å². The molecule has 34 heavy (non-hydrogen) atoms. The minimum absolute atomic E-state index is 0.0435. The van der Waals surface area contributed by atoms with E-state index < -0.39 is 27.4 Å². The zero-order valence-corrected chi connectivity index (χ0v) is 20.4. The van der Waals surface area contributed by atoms with Crippen molar-refractivity contribution in [3.8, 4) is 0 Å². The lowest BCUT2D eigenvalue weighted by Gasteiger charge is -2.26. The molecule has 12 heteroatoms. The summed E-state index contributed by atoms with van der Waals surface area (Å²) in [4.78, 5) is 9.63. The van der Waals surface area contributed by atoms with Gasteiger partial charge < -0.3 is 15.3 Å². The maximum atomic E-state index is 13.7. The van der Waals surface area contributed by atoms with E-state index in [9.17, 15) is 26.7 Å². The van der Waals surface area contributed by atoms with Gasteiger partial charge in [-0.15, -0.1) is 0 Å². The third-order valence-electron chi connectivity index (χ3n) is 5.58. The van der Waals surface area contributed by atoms with Crippen LogP contribution in [0, 0.1) is 6.92 Å². The molecule has 1 aliphatic heterocycles. The third-order valence-corrected chi connectivity index (χ3v) is 7.24. The molecule has 3 N–H and O–H groups in total. The Morgan fingerprint density at radius 1 is 1.21 bits per heavy atom. The number of benzene rings is 1. The van der Waals surface area contributed by atoms with Crippen molar-refractivity contribution in [1.82, 2.24) is 14.7 Å². The van der Waals surface area contributed by atoms with E-state index >= 15 is 0 Å². The number of halogens is 3. The van der Waals surface area contributed by atoms with Crippen molar-refractivity contribution in [3.63, 3.8) is 0 Å². The highest BCUT2D eigenvalue weighted by Gasteiger charge is 2.38. The summed E-state index contributed by atoms with van der Waals surface area (Å²) in [5.74, 6) is -0.293. The van der Waals surface area contributed by atoms with Gasteiger partial charge in [0.25, 0.3) is 0 Å². The highest BCUT2D eigenvalue weighted by molar-refractivity contribution is 7.89. The first kappa shape index (κ1) is 26.2. The zero-order chi connectivity index (χ0) is 25.3. The molecule has 0 radical (unpaired) electrons. The Bertz CT molecular complexity index is 1140. The molecule has 0 bridgehead atoms. The molecule has 3 rings (SSSR count). The first-order valence-electron chi connectivity index (χ1n) is 11.0. The van der Waals surface area contributed by atoms with E-state index in [1.807, 2.05) is 0 Å². The molecule has 1 atom stereocenters. The summed E-state index contributed by atoms with van der Waals surface area (Å²) in [7, 11) is -3.69. The van der Waals surface area contributed by atoms with Gasteiger partial charge in [-0.2, -0.15) is 18.2 Å². The zero-order valence-electron chi connectivity index (χ0n) is 19.6. The van der Waals surface area contributed by atoms with Crippen molar-refractivity contribution in [2.45, 2.75) is 69.7 Å². The average Bonchev–Trinajstić information content (AvgIpc) is 2.88. The molecule has 0 amide bonds. The SMILES string of the molecule is Cc1cc(S(=O)(=O)NC(C)C)ccc1Nc1ncc(C(F)(F)F)c(N2CCCC(C)(O)CC2)n1. The van der Waals surface area contributed by atoms with Crippen LogP contribution in [0.4, 0.5) is 30.6 Å². The van der Waals surface area contributed by atoms with Crippen LogP contribution >= 0.6 is 0 Å². The third kappa shape index (κ3) is 6.36. The van der Waals surface area contributed by atoms with Gasteiger partial charge in [0.05, 0.1) is 10.5 Å². The van der Waals surface area contributed by atoms with Crippen molar-refractivity contribution < 1.29 is 26.7 Å². The second-order valence-electron chi connectivity index (χ2n) is 9.14. The molecular weight excluding hydrogens is 471 g/mol. The second-order valence-corrected chi connectivity index (χ2v) is 10.9. The van der Waals surface area contributed by atoms with Crippen LogP contribution in [0.1, 0.15) is 51.2 Å². The Balaban J connectivity index is 1.92. The van der Waals surface area contributed by atoms with Crippen molar-refractivity contribution in [2.24, 2.45) is 0 Å². The summed E-state index contributed by atoms with van der Waals surface area (Å²) in [5, 5.41) is 13.2. The smallest absolute Gasteiger partial charge is 0.390 e. The summed E-state index contributed by atoms with van der Waals surface area (Å²) < 4.78 is 68.4. The fourth-order valence-corrected chi connectivity index (χ4v) is 5.13. The second kappa shape index (κ2) is 9.67. The molecule has 1 fully saturated rings. The Morgan fingerprint density at radius 3 is 2.53 bits per heavy atom. The van der Waals surface area contributed by atoms with Crippen LogP contribution in [0.15, 0.2) is 29.3 Å². The first-order valence-corrected chi connectivity index (χ1v) is 12.5. The Hall–Kier alpha value is -2.44. The van der Waals surface area contributed by atoms with Gasteiger partial charge in [0.1, 0.15) is 11.4 Å². The molecule has 1 aromatic carbocycles. The summed E-state index contributed by atoms with van der Waals surface area (Å²) >= 11 is 0. The standard InChI is InChI=1S/C22H30F3N5O3S/c1-14(2)29-34(32,33)16-6-7-18(15(3)12-16)27-20-26-13-17(22(23,24)25)19(28-20)30-10-5-8-21(4,31)9-11-30/h6-7,12-14,29,31H,5,8-11H2,1-4H3,(H,26,27,28). The number of nitrogens with one attached hydrogen (secondary N) is 2. The van der Waals surface area contributed by atoms with Gasteiger partial charge in [-0.05, 0) is 70.7 Å². The number of alkyl halides is 3. The molecule has 1 aliphatic rings. The summed E-state index contributed by atoms with van der Waals surface area (Å²) in [6, 6.07) is 4.12. The molecule has 1 aromatic heterocycles. The first-order chi connectivity index (χ1) is 15.7. The monoisotopic (exact) mass is 501 g/mol. The Kier molecular flexibility index (Phi) is 7.44. The number of hydrogen-bond donors (Lipinski definition) is 3. The molecule has 2 heterocycles. The predicted molar refractivity (Wildman–Crippen MR) is 124 cm³/mol. The molecular formula is C22H30F3N5O3S. The lowest BCUT2D eigenvalue weighted by molar-refractivity contribution is -0.137. The summed E-state index contributed by atoms with van der Waals surface area (Å²) in [5.41, 5.74) is -0.863. The van der Waals surface area contributed by atoms with Crippen molar-refractivity contribution in [2.75, 3.05) is 23.3 Å². The molecule has 1 saturated heterocycles. The van der Waals surface area contributed by atoms with Gasteiger partial charge >= 0.3 is 6.18 Å². The minimum Gasteiger partial charge on any atom is -0.390 e. The summed E-state index contributed by atoms with van der Waals surface area (Å²) in [6.07, 6.45) is -2.57. The fourth-order valence-electron chi connectivity index (χ4n) is 3.79. The van der Waals surface area contributed by atoms with E-state index in [1.54, 1.807) is 27.7 Å². The number of aromatic nitrogens is 2. The van der Waals surface area contributed by atoms with Crippen molar-refractivity contribution in [1.29, 1.82) is 0 Å². The maximum Gasteiger partial charge on any atom is 0.421 e. The molecule has 0 spiro atoms. The van der Waals surface area contributed by atoms with Crippen molar-refractivity contribution >= 4 is 27.5 Å². The highest BCUT2D eigenvalue weighted by atomic mass is 32.2. The van der Waals surface area contributed by atoms with Crippen LogP contribution in [0.5, 0.6) is 0 Å². The number of hydrogen-bond acceptors (Lipinski definition) is 7. The van der Waals surface area contributed by atoms with E-state index in [4.69, 9.17) is 0 Å². The van der Waals surface area contributed by atoms with Gasteiger partial charge in [0.15, 0.2) is 0 Å². The topological polar surface area (TPSA) is 107 Å². The van der Waals surface area contributed by atoms with E-state index in [0.29, 0.717) is 37.1 Å². The van der Waals surface area contributed by atoms with E-state index in [1.165, 1.54) is 23.1 Å². The largest absolute Gasteiger partial charge is 0.421 e. The van der Waals surface area contributed by atoms with E-state index in [-0.39, 0.29) is 29.2 Å². The van der Waals surface area contributed by atoms with Crippen LogP contribution in [-0.2, 0) is 16.2 Å². The highest BCUT2D eigenvalue weighted by Crippen LogP contribution is 2.37. The van der Waals surface area contributed by atoms with Crippen LogP contribution in [-0.4, -0.2) is 48.2 Å². The molecule has 0 saturated carbocycles. The van der Waals surface area contributed by atoms with Gasteiger partial charge in [-0.25, -0.2) is 18.1 Å². The van der Waals surface area contributed by atoms with E-state index in [2.05, 4.69) is 20.0 Å². The van der Waals surface area contributed by atoms with Crippen LogP contribution < -0.4 is 14.9 Å². The summed E-state index contributed by atoms with van der Waals surface area (Å²) in [6.45, 7) is 7.33. The fraction of sp³-hybridized carbons (Fsp3) is 0.545. The van der Waals surface area contributed by atoms with Crippen LogP contribution in [0.3, 0.4) is 0 Å². The van der Waals surface area contributed by atoms with Gasteiger partial charge in [0.2, 0.25) is 16.0 Å². The molecule has 0 aliphatic carbocycles. The van der Waals surface area contributed by atoms with Gasteiger partial charge in [-0.3, -0.25) is 0 Å². The van der Waals surface area contributed by atoms with Crippen LogP contribution in [0.2, 0.25) is 0 Å². The number of aliphatic hydroxyl groups is 1. The van der Waals surface area contributed by atoms with E-state index in [0.717, 1.165) is 6.20 Å². The van der Waals surface area contributed by atoms with Gasteiger partial charge in [-0.1, -0.05) is 0 Å². The van der Waals surface area contributed by atoms with Gasteiger partial charge in [0, 0.05) is 31.0 Å². The predicted octanol–water partition coefficient (Wildman–Crippen LogP) is 3.98. The number of anilines is 3. The number of rotatable bonds is 6. The molecule has 188 valence electrons. The quantitative estimate of drug-likeness (QED) is 0.550. The maximum absolute atomic E-state index is 13.7. The normalized spacial score (nSPS) is 19.9. The minimum atomic E-state index is -4.64. The lowest BCUT2D eigenvalue weighted by atomic mass is 9.98. The molecule has 8 nitrogen and oxygen atoms in total. The molecule has 1 unspecified atom stereocenters. The number of aryl methyl sites for hydroxylation is 1. The Morgan fingerprint density at radius 2 is 1.91 bits per heavy atom.